The molecule has 0 aliphatic heterocycles. The Morgan fingerprint density at radius 1 is 1.14 bits per heavy atom. The molecular formula is C17H21FN2O. The molecule has 0 amide bonds. The Labute approximate surface area is 124 Å². The second-order valence-corrected chi connectivity index (χ2v) is 5.19. The first-order chi connectivity index (χ1) is 10.1. The summed E-state index contributed by atoms with van der Waals surface area (Å²) < 4.78 is 18.3. The second-order valence-electron chi connectivity index (χ2n) is 5.19. The molecule has 0 aromatic heterocycles. The van der Waals surface area contributed by atoms with Crippen LogP contribution in [0.25, 0.3) is 0 Å². The average molecular weight is 288 g/mol. The SMILES string of the molecule is COc1ccc(CC(Cc2ccc(F)cc2C)NN)cc1. The zero-order valence-electron chi connectivity index (χ0n) is 12.4. The number of rotatable bonds is 6. The summed E-state index contributed by atoms with van der Waals surface area (Å²) in [5, 5.41) is 0. The lowest BCUT2D eigenvalue weighted by atomic mass is 9.96. The molecule has 1 unspecified atom stereocenters. The molecule has 0 saturated carbocycles. The molecular weight excluding hydrogens is 267 g/mol. The van der Waals surface area contributed by atoms with Gasteiger partial charge in [0.1, 0.15) is 11.6 Å². The second kappa shape index (κ2) is 7.20. The molecule has 0 bridgehead atoms. The number of hydrogen-bond acceptors (Lipinski definition) is 3. The van der Waals surface area contributed by atoms with Gasteiger partial charge in [-0.2, -0.15) is 0 Å². The quantitative estimate of drug-likeness (QED) is 0.635. The van der Waals surface area contributed by atoms with Crippen molar-refractivity contribution < 1.29 is 9.13 Å². The van der Waals surface area contributed by atoms with Crippen LogP contribution in [0.3, 0.4) is 0 Å². The molecule has 112 valence electrons. The van der Waals surface area contributed by atoms with Crippen LogP contribution in [-0.2, 0) is 12.8 Å². The first kappa shape index (κ1) is 15.5. The number of methoxy groups -OCH3 is 1. The Morgan fingerprint density at radius 2 is 1.86 bits per heavy atom. The van der Waals surface area contributed by atoms with Crippen molar-refractivity contribution in [1.82, 2.24) is 5.43 Å². The van der Waals surface area contributed by atoms with Gasteiger partial charge < -0.3 is 4.74 Å². The van der Waals surface area contributed by atoms with Crippen LogP contribution >= 0.6 is 0 Å². The van der Waals surface area contributed by atoms with E-state index in [1.165, 1.54) is 11.6 Å². The minimum atomic E-state index is -0.205. The van der Waals surface area contributed by atoms with Crippen molar-refractivity contribution in [3.8, 4) is 5.75 Å². The van der Waals surface area contributed by atoms with Gasteiger partial charge in [0.25, 0.3) is 0 Å². The number of aryl methyl sites for hydroxylation is 1. The van der Waals surface area contributed by atoms with Gasteiger partial charge in [-0.3, -0.25) is 11.3 Å². The topological polar surface area (TPSA) is 47.3 Å². The van der Waals surface area contributed by atoms with Crippen LogP contribution in [0.5, 0.6) is 5.75 Å². The van der Waals surface area contributed by atoms with E-state index in [1.54, 1.807) is 13.2 Å². The normalized spacial score (nSPS) is 12.2. The van der Waals surface area contributed by atoms with E-state index in [9.17, 15) is 4.39 Å². The molecule has 2 rings (SSSR count). The largest absolute Gasteiger partial charge is 0.497 e. The van der Waals surface area contributed by atoms with Gasteiger partial charge in [-0.1, -0.05) is 18.2 Å². The predicted octanol–water partition coefficient (Wildman–Crippen LogP) is 2.76. The van der Waals surface area contributed by atoms with E-state index in [1.807, 2.05) is 37.3 Å². The first-order valence-electron chi connectivity index (χ1n) is 6.96. The fourth-order valence-corrected chi connectivity index (χ4v) is 2.39. The van der Waals surface area contributed by atoms with Gasteiger partial charge in [-0.25, -0.2) is 4.39 Å². The molecule has 21 heavy (non-hydrogen) atoms. The molecule has 2 aromatic rings. The Bertz CT molecular complexity index is 584. The number of hydrogen-bond donors (Lipinski definition) is 2. The minimum absolute atomic E-state index is 0.0996. The number of nitrogens with two attached hydrogens (primary N) is 1. The summed E-state index contributed by atoms with van der Waals surface area (Å²) in [4.78, 5) is 0. The zero-order valence-corrected chi connectivity index (χ0v) is 12.4. The van der Waals surface area contributed by atoms with Crippen molar-refractivity contribution in [1.29, 1.82) is 0 Å². The third kappa shape index (κ3) is 4.28. The van der Waals surface area contributed by atoms with Crippen LogP contribution < -0.4 is 16.0 Å². The number of hydrazine groups is 1. The Balaban J connectivity index is 2.05. The monoisotopic (exact) mass is 288 g/mol. The molecule has 3 nitrogen and oxygen atoms in total. The van der Waals surface area contributed by atoms with E-state index in [4.69, 9.17) is 10.6 Å². The smallest absolute Gasteiger partial charge is 0.123 e. The maximum atomic E-state index is 13.1. The molecule has 0 aliphatic carbocycles. The van der Waals surface area contributed by atoms with Gasteiger partial charge >= 0.3 is 0 Å². The van der Waals surface area contributed by atoms with E-state index in [2.05, 4.69) is 5.43 Å². The third-order valence-electron chi connectivity index (χ3n) is 3.65. The van der Waals surface area contributed by atoms with Crippen LogP contribution in [0.2, 0.25) is 0 Å². The van der Waals surface area contributed by atoms with E-state index in [0.717, 1.165) is 29.7 Å². The highest BCUT2D eigenvalue weighted by atomic mass is 19.1. The lowest BCUT2D eigenvalue weighted by Gasteiger charge is -2.17. The molecule has 0 heterocycles. The Hall–Kier alpha value is -1.91. The van der Waals surface area contributed by atoms with Gasteiger partial charge in [-0.05, 0) is 60.7 Å². The molecule has 0 saturated heterocycles. The lowest BCUT2D eigenvalue weighted by Crippen LogP contribution is -2.38. The van der Waals surface area contributed by atoms with Crippen molar-refractivity contribution in [3.05, 3.63) is 65.0 Å². The van der Waals surface area contributed by atoms with Gasteiger partial charge in [0.15, 0.2) is 0 Å². The number of ether oxygens (including phenoxy) is 1. The van der Waals surface area contributed by atoms with Crippen molar-refractivity contribution in [2.24, 2.45) is 5.84 Å². The molecule has 4 heteroatoms. The number of halogens is 1. The number of nitrogens with one attached hydrogen (secondary N) is 1. The highest BCUT2D eigenvalue weighted by molar-refractivity contribution is 5.30. The zero-order chi connectivity index (χ0) is 15.2. The molecule has 1 atom stereocenters. The van der Waals surface area contributed by atoms with Gasteiger partial charge in [-0.15, -0.1) is 0 Å². The van der Waals surface area contributed by atoms with Crippen molar-refractivity contribution in [2.75, 3.05) is 7.11 Å². The van der Waals surface area contributed by atoms with Gasteiger partial charge in [0, 0.05) is 6.04 Å². The van der Waals surface area contributed by atoms with Gasteiger partial charge in [0.05, 0.1) is 7.11 Å². The average Bonchev–Trinajstić information content (AvgIpc) is 2.49. The van der Waals surface area contributed by atoms with E-state index in [-0.39, 0.29) is 11.9 Å². The maximum Gasteiger partial charge on any atom is 0.123 e. The van der Waals surface area contributed by atoms with Crippen molar-refractivity contribution in [3.63, 3.8) is 0 Å². The fraction of sp³-hybridized carbons (Fsp3) is 0.294. The maximum absolute atomic E-state index is 13.1. The molecule has 0 fully saturated rings. The van der Waals surface area contributed by atoms with Crippen LogP contribution in [0.4, 0.5) is 4.39 Å². The van der Waals surface area contributed by atoms with E-state index < -0.39 is 0 Å². The predicted molar refractivity (Wildman–Crippen MR) is 82.7 cm³/mol. The minimum Gasteiger partial charge on any atom is -0.497 e. The van der Waals surface area contributed by atoms with Crippen LogP contribution in [0.15, 0.2) is 42.5 Å². The van der Waals surface area contributed by atoms with E-state index in [0.29, 0.717) is 0 Å². The van der Waals surface area contributed by atoms with Gasteiger partial charge in [0.2, 0.25) is 0 Å². The van der Waals surface area contributed by atoms with E-state index >= 15 is 0 Å². The molecule has 3 N–H and O–H groups in total. The summed E-state index contributed by atoms with van der Waals surface area (Å²) in [5.74, 6) is 6.29. The van der Waals surface area contributed by atoms with Crippen LogP contribution in [-0.4, -0.2) is 13.2 Å². The summed E-state index contributed by atoms with van der Waals surface area (Å²) in [7, 11) is 1.65. The molecule has 0 spiro atoms. The summed E-state index contributed by atoms with van der Waals surface area (Å²) in [6.45, 7) is 1.92. The Kier molecular flexibility index (Phi) is 5.31. The standard InChI is InChI=1S/C17H21FN2O/c1-12-9-15(18)6-5-14(12)11-16(20-19)10-13-3-7-17(21-2)8-4-13/h3-9,16,20H,10-11,19H2,1-2H3. The van der Waals surface area contributed by atoms with Crippen LogP contribution in [0, 0.1) is 12.7 Å². The summed E-state index contributed by atoms with van der Waals surface area (Å²) in [6, 6.07) is 12.9. The molecule has 0 radical (unpaired) electrons. The highest BCUT2D eigenvalue weighted by Crippen LogP contribution is 2.16. The molecule has 2 aromatic carbocycles. The summed E-state index contributed by atoms with van der Waals surface area (Å²) in [5.41, 5.74) is 6.08. The highest BCUT2D eigenvalue weighted by Gasteiger charge is 2.11. The van der Waals surface area contributed by atoms with Crippen LogP contribution in [0.1, 0.15) is 16.7 Å². The first-order valence-corrected chi connectivity index (χ1v) is 6.96. The fourth-order valence-electron chi connectivity index (χ4n) is 2.39. The summed E-state index contributed by atoms with van der Waals surface area (Å²) >= 11 is 0. The lowest BCUT2D eigenvalue weighted by molar-refractivity contribution is 0.414. The Morgan fingerprint density at radius 3 is 2.43 bits per heavy atom. The summed E-state index contributed by atoms with van der Waals surface area (Å²) in [6.07, 6.45) is 1.56. The third-order valence-corrected chi connectivity index (χ3v) is 3.65. The molecule has 0 aliphatic rings. The number of benzene rings is 2. The van der Waals surface area contributed by atoms with Crippen molar-refractivity contribution >= 4 is 0 Å². The van der Waals surface area contributed by atoms with Crippen molar-refractivity contribution in [2.45, 2.75) is 25.8 Å².